The zero-order valence-corrected chi connectivity index (χ0v) is 13.3. The molecule has 0 spiro atoms. The van der Waals surface area contributed by atoms with Crippen LogP contribution in [0.5, 0.6) is 11.5 Å². The molecule has 0 amide bonds. The van der Waals surface area contributed by atoms with Crippen LogP contribution < -0.4 is 9.47 Å². The minimum Gasteiger partial charge on any atom is -0.493 e. The summed E-state index contributed by atoms with van der Waals surface area (Å²) in [4.78, 5) is 0. The van der Waals surface area contributed by atoms with Gasteiger partial charge in [0, 0.05) is 6.07 Å². The average Bonchev–Trinajstić information content (AvgIpc) is 2.60. The van der Waals surface area contributed by atoms with Gasteiger partial charge in [-0.15, -0.1) is 0 Å². The van der Waals surface area contributed by atoms with Crippen LogP contribution in [0.1, 0.15) is 11.1 Å². The number of hydrogen-bond donors (Lipinski definition) is 0. The maximum atomic E-state index is 8.99. The van der Waals surface area contributed by atoms with E-state index in [4.69, 9.17) is 26.3 Å². The normalized spacial score (nSPS) is 10.3. The standard InChI is InChI=1S/C19H14ClNO2/c1-22-18-10-13(11-21)9-17(20)19(18)23-12-15-7-4-6-14-5-2-3-8-16(14)15/h2-10H,12H2,1H3. The van der Waals surface area contributed by atoms with Crippen molar-refractivity contribution in [1.29, 1.82) is 5.26 Å². The Morgan fingerprint density at radius 2 is 1.87 bits per heavy atom. The molecule has 3 aromatic carbocycles. The third-order valence-electron chi connectivity index (χ3n) is 3.61. The molecule has 0 saturated carbocycles. The lowest BCUT2D eigenvalue weighted by Crippen LogP contribution is -1.99. The van der Waals surface area contributed by atoms with Crippen LogP contribution in [0.25, 0.3) is 10.8 Å². The van der Waals surface area contributed by atoms with Gasteiger partial charge in [-0.1, -0.05) is 54.1 Å². The Bertz CT molecular complexity index is 894. The summed E-state index contributed by atoms with van der Waals surface area (Å²) in [7, 11) is 1.53. The van der Waals surface area contributed by atoms with Gasteiger partial charge in [-0.2, -0.15) is 5.26 Å². The highest BCUT2D eigenvalue weighted by molar-refractivity contribution is 6.32. The van der Waals surface area contributed by atoms with Crippen molar-refractivity contribution < 1.29 is 9.47 Å². The van der Waals surface area contributed by atoms with Crippen molar-refractivity contribution >= 4 is 22.4 Å². The van der Waals surface area contributed by atoms with Gasteiger partial charge in [-0.25, -0.2) is 0 Å². The van der Waals surface area contributed by atoms with Crippen molar-refractivity contribution in [2.24, 2.45) is 0 Å². The van der Waals surface area contributed by atoms with E-state index in [2.05, 4.69) is 18.2 Å². The zero-order chi connectivity index (χ0) is 16.2. The second kappa shape index (κ2) is 6.60. The van der Waals surface area contributed by atoms with E-state index in [-0.39, 0.29) is 0 Å². The van der Waals surface area contributed by atoms with Crippen LogP contribution >= 0.6 is 11.6 Å². The van der Waals surface area contributed by atoms with Crippen LogP contribution in [-0.4, -0.2) is 7.11 Å². The Balaban J connectivity index is 1.93. The van der Waals surface area contributed by atoms with Crippen LogP contribution in [0.4, 0.5) is 0 Å². The highest BCUT2D eigenvalue weighted by atomic mass is 35.5. The van der Waals surface area contributed by atoms with Gasteiger partial charge in [0.15, 0.2) is 11.5 Å². The van der Waals surface area contributed by atoms with E-state index in [1.165, 1.54) is 7.11 Å². The van der Waals surface area contributed by atoms with Gasteiger partial charge in [-0.05, 0) is 22.4 Å². The minimum atomic E-state index is 0.362. The van der Waals surface area contributed by atoms with E-state index in [0.29, 0.717) is 28.7 Å². The number of nitriles is 1. The SMILES string of the molecule is COc1cc(C#N)cc(Cl)c1OCc1cccc2ccccc12. The van der Waals surface area contributed by atoms with Gasteiger partial charge in [-0.3, -0.25) is 0 Å². The van der Waals surface area contributed by atoms with Crippen LogP contribution in [0.3, 0.4) is 0 Å². The molecule has 4 heteroatoms. The van der Waals surface area contributed by atoms with Crippen molar-refractivity contribution in [2.75, 3.05) is 7.11 Å². The molecule has 0 atom stereocenters. The van der Waals surface area contributed by atoms with Gasteiger partial charge in [0.1, 0.15) is 6.61 Å². The van der Waals surface area contributed by atoms with E-state index in [0.717, 1.165) is 16.3 Å². The summed E-state index contributed by atoms with van der Waals surface area (Å²) in [5, 5.41) is 11.7. The topological polar surface area (TPSA) is 42.2 Å². The van der Waals surface area contributed by atoms with Crippen molar-refractivity contribution in [3.63, 3.8) is 0 Å². The first-order valence-corrected chi connectivity index (χ1v) is 7.48. The highest BCUT2D eigenvalue weighted by Gasteiger charge is 2.13. The molecule has 0 N–H and O–H groups in total. The number of fused-ring (bicyclic) bond motifs is 1. The molecule has 0 saturated heterocycles. The third-order valence-corrected chi connectivity index (χ3v) is 3.89. The van der Waals surface area contributed by atoms with Crippen LogP contribution in [-0.2, 0) is 6.61 Å². The number of ether oxygens (including phenoxy) is 2. The summed E-state index contributed by atoms with van der Waals surface area (Å²) in [5.41, 5.74) is 1.50. The largest absolute Gasteiger partial charge is 0.493 e. The van der Waals surface area contributed by atoms with Crippen molar-refractivity contribution in [1.82, 2.24) is 0 Å². The first kappa shape index (κ1) is 15.2. The van der Waals surface area contributed by atoms with Crippen LogP contribution in [0, 0.1) is 11.3 Å². The number of nitrogens with zero attached hydrogens (tertiary/aromatic N) is 1. The maximum Gasteiger partial charge on any atom is 0.180 e. The fraction of sp³-hybridized carbons (Fsp3) is 0.105. The summed E-state index contributed by atoms with van der Waals surface area (Å²) >= 11 is 6.22. The lowest BCUT2D eigenvalue weighted by Gasteiger charge is -2.14. The number of hydrogen-bond acceptors (Lipinski definition) is 3. The Morgan fingerprint density at radius 3 is 2.65 bits per heavy atom. The summed E-state index contributed by atoms with van der Waals surface area (Å²) in [6.45, 7) is 0.364. The van der Waals surface area contributed by atoms with Crippen molar-refractivity contribution in [3.05, 3.63) is 70.7 Å². The molecule has 0 fully saturated rings. The third kappa shape index (κ3) is 3.08. The predicted octanol–water partition coefficient (Wildman–Crippen LogP) is 4.95. The fourth-order valence-corrected chi connectivity index (χ4v) is 2.76. The Labute approximate surface area is 139 Å². The molecule has 0 aliphatic heterocycles. The Morgan fingerprint density at radius 1 is 1.09 bits per heavy atom. The molecular formula is C19H14ClNO2. The van der Waals surface area contributed by atoms with Gasteiger partial charge in [0.25, 0.3) is 0 Å². The first-order chi connectivity index (χ1) is 11.2. The van der Waals surface area contributed by atoms with Gasteiger partial charge < -0.3 is 9.47 Å². The Kier molecular flexibility index (Phi) is 4.36. The highest BCUT2D eigenvalue weighted by Crippen LogP contribution is 2.37. The number of methoxy groups -OCH3 is 1. The molecule has 0 bridgehead atoms. The summed E-state index contributed by atoms with van der Waals surface area (Å²) in [5.74, 6) is 0.899. The number of halogens is 1. The average molecular weight is 324 g/mol. The van der Waals surface area contributed by atoms with Crippen LogP contribution in [0.15, 0.2) is 54.6 Å². The molecule has 3 nitrogen and oxygen atoms in total. The maximum absolute atomic E-state index is 8.99. The quantitative estimate of drug-likeness (QED) is 0.682. The molecule has 0 radical (unpaired) electrons. The predicted molar refractivity (Wildman–Crippen MR) is 91.0 cm³/mol. The molecule has 23 heavy (non-hydrogen) atoms. The van der Waals surface area contributed by atoms with Crippen LogP contribution in [0.2, 0.25) is 5.02 Å². The lowest BCUT2D eigenvalue weighted by atomic mass is 10.1. The molecule has 0 aromatic heterocycles. The smallest absolute Gasteiger partial charge is 0.180 e. The minimum absolute atomic E-state index is 0.362. The summed E-state index contributed by atoms with van der Waals surface area (Å²) in [6, 6.07) is 19.5. The molecule has 0 aliphatic carbocycles. The Hall–Kier alpha value is -2.70. The monoisotopic (exact) mass is 323 g/mol. The number of rotatable bonds is 4. The van der Waals surface area contributed by atoms with E-state index in [1.54, 1.807) is 12.1 Å². The van der Waals surface area contributed by atoms with Gasteiger partial charge in [0.05, 0.1) is 23.8 Å². The van der Waals surface area contributed by atoms with Gasteiger partial charge in [0.2, 0.25) is 0 Å². The second-order valence-electron chi connectivity index (χ2n) is 5.03. The second-order valence-corrected chi connectivity index (χ2v) is 5.44. The van der Waals surface area contributed by atoms with E-state index in [9.17, 15) is 0 Å². The molecule has 3 rings (SSSR count). The van der Waals surface area contributed by atoms with Crippen molar-refractivity contribution in [3.8, 4) is 17.6 Å². The molecule has 0 aliphatic rings. The fourth-order valence-electron chi connectivity index (χ4n) is 2.49. The van der Waals surface area contributed by atoms with E-state index >= 15 is 0 Å². The molecular weight excluding hydrogens is 310 g/mol. The summed E-state index contributed by atoms with van der Waals surface area (Å²) in [6.07, 6.45) is 0. The van der Waals surface area contributed by atoms with Gasteiger partial charge >= 0.3 is 0 Å². The zero-order valence-electron chi connectivity index (χ0n) is 12.5. The lowest BCUT2D eigenvalue weighted by molar-refractivity contribution is 0.286. The molecule has 0 heterocycles. The number of benzene rings is 3. The molecule has 3 aromatic rings. The molecule has 0 unspecified atom stereocenters. The first-order valence-electron chi connectivity index (χ1n) is 7.10. The van der Waals surface area contributed by atoms with E-state index < -0.39 is 0 Å². The molecule has 114 valence electrons. The van der Waals surface area contributed by atoms with Crippen molar-refractivity contribution in [2.45, 2.75) is 6.61 Å². The van der Waals surface area contributed by atoms with E-state index in [1.807, 2.05) is 30.3 Å². The summed E-state index contributed by atoms with van der Waals surface area (Å²) < 4.78 is 11.2.